The molecule has 0 amide bonds. The molecule has 2 aliphatic rings. The Labute approximate surface area is 93.4 Å². The molecule has 0 aromatic rings. The molecule has 0 unspecified atom stereocenters. The molecule has 2 aliphatic heterocycles. The van der Waals surface area contributed by atoms with E-state index in [9.17, 15) is 9.90 Å². The van der Waals surface area contributed by atoms with Gasteiger partial charge in [0.2, 0.25) is 0 Å². The first-order valence-corrected chi connectivity index (χ1v) is 5.35. The zero-order valence-electron chi connectivity index (χ0n) is 9.34. The maximum Gasteiger partial charge on any atom is 0.366 e. The van der Waals surface area contributed by atoms with Crippen LogP contribution in [-0.4, -0.2) is 55.0 Å². The summed E-state index contributed by atoms with van der Waals surface area (Å²) in [6.07, 6.45) is -1.55. The summed E-state index contributed by atoms with van der Waals surface area (Å²) in [5.41, 5.74) is 0. The third-order valence-electron chi connectivity index (χ3n) is 2.76. The topological polar surface area (TPSA) is 74.2 Å². The fraction of sp³-hybridized carbons (Fsp3) is 0.900. The lowest BCUT2D eigenvalue weighted by molar-refractivity contribution is -0.303. The quantitative estimate of drug-likeness (QED) is 0.643. The van der Waals surface area contributed by atoms with Crippen molar-refractivity contribution in [2.45, 2.75) is 37.9 Å². The Morgan fingerprint density at radius 2 is 2.31 bits per heavy atom. The molecule has 4 atom stereocenters. The molecule has 0 aromatic heterocycles. The predicted molar refractivity (Wildman–Crippen MR) is 51.6 cm³/mol. The van der Waals surface area contributed by atoms with Gasteiger partial charge in [-0.2, -0.15) is 0 Å². The van der Waals surface area contributed by atoms with Crippen LogP contribution in [-0.2, 0) is 23.7 Å². The molecular formula is C10H16O6. The van der Waals surface area contributed by atoms with E-state index in [4.69, 9.17) is 18.9 Å². The summed E-state index contributed by atoms with van der Waals surface area (Å²) in [5, 5.41) is 9.61. The van der Waals surface area contributed by atoms with Crippen molar-refractivity contribution < 1.29 is 28.8 Å². The number of carbonyl (C=O) groups excluding carboxylic acids is 1. The van der Waals surface area contributed by atoms with Gasteiger partial charge in [0.25, 0.3) is 5.79 Å². The van der Waals surface area contributed by atoms with Gasteiger partial charge in [0.1, 0.15) is 18.3 Å². The molecule has 0 radical (unpaired) electrons. The van der Waals surface area contributed by atoms with Gasteiger partial charge in [-0.1, -0.05) is 0 Å². The van der Waals surface area contributed by atoms with Crippen molar-refractivity contribution in [2.24, 2.45) is 0 Å². The van der Waals surface area contributed by atoms with E-state index in [1.54, 1.807) is 6.92 Å². The first kappa shape index (κ1) is 11.8. The minimum Gasteiger partial charge on any atom is -0.462 e. The molecule has 0 saturated carbocycles. The fourth-order valence-corrected chi connectivity index (χ4v) is 1.86. The summed E-state index contributed by atoms with van der Waals surface area (Å²) in [7, 11) is 0. The monoisotopic (exact) mass is 232 g/mol. The lowest BCUT2D eigenvalue weighted by Gasteiger charge is -2.38. The molecule has 2 rings (SSSR count). The standard InChI is InChI=1S/C10H16O6/c1-3-13-9(12)10(2)15-5-7-8(16-10)6(11)4-14-7/h6-8,11H,3-5H2,1-2H3/t6-,7+,8+,10+/m1/s1. The Morgan fingerprint density at radius 3 is 3.00 bits per heavy atom. The highest BCUT2D eigenvalue weighted by Crippen LogP contribution is 2.31. The van der Waals surface area contributed by atoms with Crippen LogP contribution in [0.15, 0.2) is 0 Å². The minimum absolute atomic E-state index is 0.206. The Hall–Kier alpha value is -0.690. The lowest BCUT2D eigenvalue weighted by atomic mass is 10.1. The maximum atomic E-state index is 11.6. The molecular weight excluding hydrogens is 216 g/mol. The number of rotatable bonds is 2. The van der Waals surface area contributed by atoms with Gasteiger partial charge >= 0.3 is 5.97 Å². The summed E-state index contributed by atoms with van der Waals surface area (Å²) in [6, 6.07) is 0. The second-order valence-electron chi connectivity index (χ2n) is 4.00. The first-order chi connectivity index (χ1) is 7.57. The van der Waals surface area contributed by atoms with Crippen LogP contribution >= 0.6 is 0 Å². The number of fused-ring (bicyclic) bond motifs is 1. The maximum absolute atomic E-state index is 11.6. The molecule has 2 saturated heterocycles. The summed E-state index contributed by atoms with van der Waals surface area (Å²) >= 11 is 0. The Balaban J connectivity index is 2.05. The molecule has 0 spiro atoms. The third-order valence-corrected chi connectivity index (χ3v) is 2.76. The van der Waals surface area contributed by atoms with Gasteiger partial charge in [0.05, 0.1) is 19.8 Å². The Morgan fingerprint density at radius 1 is 1.56 bits per heavy atom. The molecule has 0 aromatic carbocycles. The summed E-state index contributed by atoms with van der Waals surface area (Å²) in [6.45, 7) is 3.88. The van der Waals surface area contributed by atoms with Crippen molar-refractivity contribution in [2.75, 3.05) is 19.8 Å². The lowest BCUT2D eigenvalue weighted by Crippen LogP contribution is -2.55. The van der Waals surface area contributed by atoms with Crippen LogP contribution in [0.2, 0.25) is 0 Å². The highest BCUT2D eigenvalue weighted by atomic mass is 16.8. The van der Waals surface area contributed by atoms with Crippen LogP contribution in [0.1, 0.15) is 13.8 Å². The van der Waals surface area contributed by atoms with Gasteiger partial charge < -0.3 is 24.1 Å². The number of ether oxygens (including phenoxy) is 4. The van der Waals surface area contributed by atoms with Crippen molar-refractivity contribution in [3.63, 3.8) is 0 Å². The van der Waals surface area contributed by atoms with Gasteiger partial charge in [0, 0.05) is 6.92 Å². The number of esters is 1. The summed E-state index contributed by atoms with van der Waals surface area (Å²) < 4.78 is 20.9. The van der Waals surface area contributed by atoms with E-state index in [1.165, 1.54) is 6.92 Å². The molecule has 2 fully saturated rings. The highest BCUT2D eigenvalue weighted by Gasteiger charge is 2.51. The molecule has 0 bridgehead atoms. The molecule has 92 valence electrons. The highest BCUT2D eigenvalue weighted by molar-refractivity contribution is 5.77. The van der Waals surface area contributed by atoms with Crippen LogP contribution < -0.4 is 0 Å². The van der Waals surface area contributed by atoms with Crippen molar-refractivity contribution >= 4 is 5.97 Å². The number of hydrogen-bond acceptors (Lipinski definition) is 6. The summed E-state index contributed by atoms with van der Waals surface area (Å²) in [4.78, 5) is 11.6. The van der Waals surface area contributed by atoms with Gasteiger partial charge in [-0.3, -0.25) is 0 Å². The van der Waals surface area contributed by atoms with Gasteiger partial charge in [-0.05, 0) is 6.92 Å². The largest absolute Gasteiger partial charge is 0.462 e. The van der Waals surface area contributed by atoms with Gasteiger partial charge in [-0.15, -0.1) is 0 Å². The number of hydrogen-bond donors (Lipinski definition) is 1. The Kier molecular flexibility index (Phi) is 3.16. The normalized spacial score (nSPS) is 42.8. The number of aliphatic hydroxyl groups excluding tert-OH is 1. The minimum atomic E-state index is -1.44. The van der Waals surface area contributed by atoms with E-state index in [0.29, 0.717) is 0 Å². The zero-order valence-corrected chi connectivity index (χ0v) is 9.34. The van der Waals surface area contributed by atoms with E-state index in [2.05, 4.69) is 0 Å². The van der Waals surface area contributed by atoms with Crippen molar-refractivity contribution in [1.29, 1.82) is 0 Å². The molecule has 1 N–H and O–H groups in total. The van der Waals surface area contributed by atoms with Crippen LogP contribution in [0, 0.1) is 0 Å². The SMILES string of the molecule is CCOC(=O)[C@@]1(C)OC[C@@H]2OC[C@@H](O)[C@@H]2O1. The average Bonchev–Trinajstić information content (AvgIpc) is 2.61. The van der Waals surface area contributed by atoms with Crippen LogP contribution in [0.25, 0.3) is 0 Å². The van der Waals surface area contributed by atoms with Crippen LogP contribution in [0.4, 0.5) is 0 Å². The zero-order chi connectivity index (χ0) is 11.8. The van der Waals surface area contributed by atoms with E-state index in [1.807, 2.05) is 0 Å². The average molecular weight is 232 g/mol. The molecule has 6 nitrogen and oxygen atoms in total. The van der Waals surface area contributed by atoms with E-state index in [-0.39, 0.29) is 25.9 Å². The van der Waals surface area contributed by atoms with E-state index < -0.39 is 24.0 Å². The first-order valence-electron chi connectivity index (χ1n) is 5.35. The fourth-order valence-electron chi connectivity index (χ4n) is 1.86. The summed E-state index contributed by atoms with van der Waals surface area (Å²) in [5.74, 6) is -2.01. The second kappa shape index (κ2) is 4.29. The Bertz CT molecular complexity index is 280. The van der Waals surface area contributed by atoms with Crippen molar-refractivity contribution in [3.05, 3.63) is 0 Å². The van der Waals surface area contributed by atoms with Gasteiger partial charge in [-0.25, -0.2) is 4.79 Å². The third kappa shape index (κ3) is 1.93. The van der Waals surface area contributed by atoms with E-state index in [0.717, 1.165) is 0 Å². The predicted octanol–water partition coefficient (Wildman–Crippen LogP) is -0.559. The van der Waals surface area contributed by atoms with Crippen molar-refractivity contribution in [1.82, 2.24) is 0 Å². The second-order valence-corrected chi connectivity index (χ2v) is 4.00. The van der Waals surface area contributed by atoms with Crippen molar-refractivity contribution in [3.8, 4) is 0 Å². The molecule has 0 aliphatic carbocycles. The number of carbonyl (C=O) groups is 1. The molecule has 6 heteroatoms. The molecule has 2 heterocycles. The van der Waals surface area contributed by atoms with E-state index >= 15 is 0 Å². The smallest absolute Gasteiger partial charge is 0.366 e. The van der Waals surface area contributed by atoms with Gasteiger partial charge in [0.15, 0.2) is 0 Å². The number of aliphatic hydroxyl groups is 1. The van der Waals surface area contributed by atoms with Crippen LogP contribution in [0.3, 0.4) is 0 Å². The molecule has 16 heavy (non-hydrogen) atoms. The van der Waals surface area contributed by atoms with Crippen LogP contribution in [0.5, 0.6) is 0 Å².